The molecule has 0 spiro atoms. The zero-order valence-electron chi connectivity index (χ0n) is 19.9. The van der Waals surface area contributed by atoms with E-state index in [2.05, 4.69) is 0 Å². The highest BCUT2D eigenvalue weighted by Gasteiger charge is 2.19. The lowest BCUT2D eigenvalue weighted by Crippen LogP contribution is -2.37. The fourth-order valence-corrected chi connectivity index (χ4v) is 3.59. The number of benzene rings is 2. The van der Waals surface area contributed by atoms with Gasteiger partial charge in [-0.05, 0) is 12.5 Å². The molecule has 0 aliphatic carbocycles. The Labute approximate surface area is 200 Å². The Balaban J connectivity index is 1.78. The topological polar surface area (TPSA) is 82.9 Å². The lowest BCUT2D eigenvalue weighted by atomic mass is 10.1. The number of carbonyl (C=O) groups excluding carboxylic acids is 2. The van der Waals surface area contributed by atoms with Crippen molar-refractivity contribution in [3.8, 4) is 11.3 Å². The van der Waals surface area contributed by atoms with Crippen LogP contribution in [0.15, 0.2) is 60.7 Å². The minimum Gasteiger partial charge on any atom is -0.468 e. The number of nitrogens with zero attached hydrogens (tertiary/aromatic N) is 3. The first kappa shape index (κ1) is 25.1. The summed E-state index contributed by atoms with van der Waals surface area (Å²) in [5.41, 5.74) is 4.95. The highest BCUT2D eigenvalue weighted by Crippen LogP contribution is 2.26. The number of aromatic nitrogens is 2. The molecule has 2 aromatic carbocycles. The molecule has 3 rings (SSSR count). The third-order valence-corrected chi connectivity index (χ3v) is 5.52. The maximum absolute atomic E-state index is 11.8. The summed E-state index contributed by atoms with van der Waals surface area (Å²) >= 11 is 0. The van der Waals surface area contributed by atoms with Crippen LogP contribution in [0.2, 0.25) is 0 Å². The van der Waals surface area contributed by atoms with Crippen LogP contribution in [0.3, 0.4) is 0 Å². The number of esters is 2. The van der Waals surface area contributed by atoms with E-state index in [9.17, 15) is 9.59 Å². The Bertz CT molecular complexity index is 1050. The first-order chi connectivity index (χ1) is 16.5. The summed E-state index contributed by atoms with van der Waals surface area (Å²) in [7, 11) is 2.65. The van der Waals surface area contributed by atoms with E-state index in [-0.39, 0.29) is 13.1 Å². The molecular weight excluding hydrogens is 434 g/mol. The number of hydrogen-bond donors (Lipinski definition) is 0. The third kappa shape index (κ3) is 7.00. The fourth-order valence-electron chi connectivity index (χ4n) is 3.59. The van der Waals surface area contributed by atoms with Crippen LogP contribution in [0.25, 0.3) is 11.3 Å². The van der Waals surface area contributed by atoms with Crippen molar-refractivity contribution in [2.45, 2.75) is 26.7 Å². The Hall–Kier alpha value is -3.49. The maximum atomic E-state index is 11.8. The summed E-state index contributed by atoms with van der Waals surface area (Å²) in [6.45, 7) is 3.81. The molecule has 0 fully saturated rings. The minimum atomic E-state index is -0.416. The van der Waals surface area contributed by atoms with Crippen molar-refractivity contribution < 1.29 is 23.8 Å². The zero-order valence-corrected chi connectivity index (χ0v) is 19.9. The molecule has 0 aliphatic rings. The minimum absolute atomic E-state index is 0.00942. The van der Waals surface area contributed by atoms with Crippen LogP contribution in [0.5, 0.6) is 0 Å². The molecule has 0 aliphatic heterocycles. The van der Waals surface area contributed by atoms with Crippen molar-refractivity contribution in [3.63, 3.8) is 0 Å². The molecule has 8 heteroatoms. The molecule has 1 heterocycles. The molecule has 0 saturated heterocycles. The monoisotopic (exact) mass is 465 g/mol. The van der Waals surface area contributed by atoms with Gasteiger partial charge in [-0.15, -0.1) is 0 Å². The van der Waals surface area contributed by atoms with Gasteiger partial charge in [-0.2, -0.15) is 5.10 Å². The van der Waals surface area contributed by atoms with E-state index in [1.807, 2.05) is 72.3 Å². The van der Waals surface area contributed by atoms with Gasteiger partial charge in [0.05, 0.1) is 52.8 Å². The van der Waals surface area contributed by atoms with Crippen molar-refractivity contribution in [1.29, 1.82) is 0 Å². The van der Waals surface area contributed by atoms with E-state index in [1.54, 1.807) is 4.90 Å². The maximum Gasteiger partial charge on any atom is 0.319 e. The molecule has 0 amide bonds. The van der Waals surface area contributed by atoms with Crippen LogP contribution in [0, 0.1) is 6.92 Å². The van der Waals surface area contributed by atoms with Gasteiger partial charge in [0.25, 0.3) is 0 Å². The van der Waals surface area contributed by atoms with Crippen LogP contribution in [0.4, 0.5) is 0 Å². The molecule has 0 unspecified atom stereocenters. The predicted molar refractivity (Wildman–Crippen MR) is 128 cm³/mol. The Morgan fingerprint density at radius 3 is 2.06 bits per heavy atom. The second-order valence-corrected chi connectivity index (χ2v) is 7.84. The van der Waals surface area contributed by atoms with Gasteiger partial charge in [0.1, 0.15) is 0 Å². The van der Waals surface area contributed by atoms with Gasteiger partial charge < -0.3 is 14.2 Å². The van der Waals surface area contributed by atoms with E-state index in [0.717, 1.165) is 28.1 Å². The second-order valence-electron chi connectivity index (χ2n) is 7.84. The largest absolute Gasteiger partial charge is 0.468 e. The van der Waals surface area contributed by atoms with Crippen molar-refractivity contribution in [2.75, 3.05) is 33.9 Å². The first-order valence-electron chi connectivity index (χ1n) is 11.1. The van der Waals surface area contributed by atoms with Gasteiger partial charge in [-0.1, -0.05) is 60.7 Å². The molecule has 3 aromatic rings. The number of hydrogen-bond acceptors (Lipinski definition) is 7. The lowest BCUT2D eigenvalue weighted by molar-refractivity contribution is -0.145. The van der Waals surface area contributed by atoms with E-state index in [0.29, 0.717) is 26.3 Å². The Morgan fingerprint density at radius 2 is 1.47 bits per heavy atom. The zero-order chi connectivity index (χ0) is 24.3. The molecule has 180 valence electrons. The van der Waals surface area contributed by atoms with Crippen LogP contribution < -0.4 is 0 Å². The number of carbonyl (C=O) groups is 2. The van der Waals surface area contributed by atoms with Crippen LogP contribution >= 0.6 is 0 Å². The predicted octanol–water partition coefficient (Wildman–Crippen LogP) is 3.22. The summed E-state index contributed by atoms with van der Waals surface area (Å²) in [5.74, 6) is -0.831. The van der Waals surface area contributed by atoms with E-state index in [4.69, 9.17) is 19.3 Å². The molecule has 0 atom stereocenters. The molecule has 0 saturated carbocycles. The normalized spacial score (nSPS) is 10.9. The van der Waals surface area contributed by atoms with Crippen LogP contribution in [-0.4, -0.2) is 60.5 Å². The van der Waals surface area contributed by atoms with Crippen LogP contribution in [0.1, 0.15) is 16.8 Å². The lowest BCUT2D eigenvalue weighted by Gasteiger charge is -2.20. The van der Waals surface area contributed by atoms with Gasteiger partial charge >= 0.3 is 11.9 Å². The van der Waals surface area contributed by atoms with Gasteiger partial charge in [0.2, 0.25) is 0 Å². The summed E-state index contributed by atoms with van der Waals surface area (Å²) in [5, 5.41) is 4.85. The molecular formula is C26H31N3O5. The number of methoxy groups -OCH3 is 2. The number of ether oxygens (including phenoxy) is 3. The fraction of sp³-hybridized carbons (Fsp3) is 0.346. The summed E-state index contributed by atoms with van der Waals surface area (Å²) in [6.07, 6.45) is 0. The average molecular weight is 466 g/mol. The summed E-state index contributed by atoms with van der Waals surface area (Å²) < 4.78 is 17.5. The SMILES string of the molecule is COC(=O)CN(CCn1nc(-c2ccccc2)c(COCc2ccccc2)c1C)CC(=O)OC. The Morgan fingerprint density at radius 1 is 0.882 bits per heavy atom. The summed E-state index contributed by atoms with van der Waals surface area (Å²) in [4.78, 5) is 25.3. The molecule has 8 nitrogen and oxygen atoms in total. The molecule has 0 bridgehead atoms. The van der Waals surface area contributed by atoms with Gasteiger partial charge in [-0.25, -0.2) is 0 Å². The van der Waals surface area contributed by atoms with Gasteiger partial charge in [-0.3, -0.25) is 19.2 Å². The van der Waals surface area contributed by atoms with Crippen molar-refractivity contribution in [1.82, 2.24) is 14.7 Å². The second kappa shape index (κ2) is 12.7. The average Bonchev–Trinajstić information content (AvgIpc) is 3.18. The number of rotatable bonds is 12. The third-order valence-electron chi connectivity index (χ3n) is 5.52. The van der Waals surface area contributed by atoms with Crippen LogP contribution in [-0.2, 0) is 43.6 Å². The highest BCUT2D eigenvalue weighted by atomic mass is 16.5. The molecule has 0 N–H and O–H groups in total. The smallest absolute Gasteiger partial charge is 0.319 e. The first-order valence-corrected chi connectivity index (χ1v) is 11.1. The van der Waals surface area contributed by atoms with E-state index >= 15 is 0 Å². The van der Waals surface area contributed by atoms with Crippen molar-refractivity contribution >= 4 is 11.9 Å². The quantitative estimate of drug-likeness (QED) is 0.380. The van der Waals surface area contributed by atoms with Crippen molar-refractivity contribution in [3.05, 3.63) is 77.5 Å². The standard InChI is InChI=1S/C26H31N3O5/c1-20-23(19-34-18-21-10-6-4-7-11-21)26(22-12-8-5-9-13-22)27-29(20)15-14-28(16-24(30)32-2)17-25(31)33-3/h4-13H,14-19H2,1-3H3. The molecule has 1 aromatic heterocycles. The van der Waals surface area contributed by atoms with E-state index < -0.39 is 11.9 Å². The van der Waals surface area contributed by atoms with Crippen molar-refractivity contribution in [2.24, 2.45) is 0 Å². The van der Waals surface area contributed by atoms with Gasteiger partial charge in [0, 0.05) is 23.4 Å². The molecule has 34 heavy (non-hydrogen) atoms. The Kier molecular flexibility index (Phi) is 9.37. The summed E-state index contributed by atoms with van der Waals surface area (Å²) in [6, 6.07) is 20.0. The van der Waals surface area contributed by atoms with E-state index in [1.165, 1.54) is 14.2 Å². The molecule has 0 radical (unpaired) electrons. The highest BCUT2D eigenvalue weighted by molar-refractivity contribution is 5.74. The van der Waals surface area contributed by atoms with Gasteiger partial charge in [0.15, 0.2) is 0 Å².